The summed E-state index contributed by atoms with van der Waals surface area (Å²) in [6.45, 7) is 4.00. The average Bonchev–Trinajstić information content (AvgIpc) is 2.79. The van der Waals surface area contributed by atoms with Gasteiger partial charge in [0.2, 0.25) is 5.91 Å². The van der Waals surface area contributed by atoms with Crippen molar-refractivity contribution in [3.63, 3.8) is 0 Å². The van der Waals surface area contributed by atoms with Crippen LogP contribution in [-0.2, 0) is 9.59 Å². The molecule has 0 aliphatic carbocycles. The second-order valence-electron chi connectivity index (χ2n) is 5.81. The lowest BCUT2D eigenvalue weighted by molar-refractivity contribution is -0.124. The third-order valence-electron chi connectivity index (χ3n) is 4.03. The number of fused-ring (bicyclic) bond motifs is 1. The summed E-state index contributed by atoms with van der Waals surface area (Å²) in [5.74, 6) is -1.20. The van der Waals surface area contributed by atoms with Gasteiger partial charge in [0.25, 0.3) is 11.8 Å². The maximum absolute atomic E-state index is 12.6. The molecule has 0 radical (unpaired) electrons. The Balaban J connectivity index is 2.41. The highest BCUT2D eigenvalue weighted by molar-refractivity contribution is 6.23. The molecule has 1 N–H and O–H groups in total. The summed E-state index contributed by atoms with van der Waals surface area (Å²) in [4.78, 5) is 48.8. The molecule has 6 heteroatoms. The largest absolute Gasteiger partial charge is 0.357 e. The van der Waals surface area contributed by atoms with E-state index in [0.717, 1.165) is 10.5 Å². The molecule has 0 saturated heterocycles. The van der Waals surface area contributed by atoms with Crippen molar-refractivity contribution in [3.8, 4) is 0 Å². The number of hydrogen-bond acceptors (Lipinski definition) is 4. The molecule has 1 aliphatic rings. The van der Waals surface area contributed by atoms with Crippen LogP contribution in [0.1, 0.15) is 58.9 Å². The number of amides is 3. The zero-order valence-electron chi connectivity index (χ0n) is 13.5. The fourth-order valence-corrected chi connectivity index (χ4v) is 2.69. The van der Waals surface area contributed by atoms with E-state index in [9.17, 15) is 19.2 Å². The van der Waals surface area contributed by atoms with Crippen LogP contribution in [0.5, 0.6) is 0 Å². The van der Waals surface area contributed by atoms with Crippen molar-refractivity contribution in [2.24, 2.45) is 0 Å². The third-order valence-corrected chi connectivity index (χ3v) is 4.03. The maximum Gasteiger partial charge on any atom is 0.262 e. The number of imide groups is 1. The first-order valence-corrected chi connectivity index (χ1v) is 7.59. The minimum atomic E-state index is -0.972. The molecule has 1 unspecified atom stereocenters. The Morgan fingerprint density at radius 1 is 1.22 bits per heavy atom. The molecule has 0 spiro atoms. The molecule has 3 amide bonds. The molecule has 0 bridgehead atoms. The van der Waals surface area contributed by atoms with Crippen LogP contribution in [0.4, 0.5) is 0 Å². The Morgan fingerprint density at radius 2 is 1.87 bits per heavy atom. The number of likely N-dealkylation sites (N-methyl/N-ethyl adjacent to an activating group) is 1. The van der Waals surface area contributed by atoms with Crippen molar-refractivity contribution in [2.45, 2.75) is 38.6 Å². The minimum absolute atomic E-state index is 0.0999. The SMILES string of the molecule is CNC(=O)C(CCC=O)N1C(=O)c2ccc(C(C)C)cc2C1=O. The van der Waals surface area contributed by atoms with Crippen LogP contribution in [0.15, 0.2) is 18.2 Å². The number of rotatable bonds is 6. The smallest absolute Gasteiger partial charge is 0.262 e. The lowest BCUT2D eigenvalue weighted by atomic mass is 9.98. The van der Waals surface area contributed by atoms with E-state index in [0.29, 0.717) is 17.4 Å². The predicted octanol–water partition coefficient (Wildman–Crippen LogP) is 1.50. The fourth-order valence-electron chi connectivity index (χ4n) is 2.69. The monoisotopic (exact) mass is 316 g/mol. The first-order chi connectivity index (χ1) is 10.9. The second-order valence-corrected chi connectivity index (χ2v) is 5.81. The summed E-state index contributed by atoms with van der Waals surface area (Å²) in [6, 6.07) is 4.19. The van der Waals surface area contributed by atoms with Crippen LogP contribution in [0.3, 0.4) is 0 Å². The number of nitrogens with zero attached hydrogens (tertiary/aromatic N) is 1. The van der Waals surface area contributed by atoms with E-state index in [4.69, 9.17) is 0 Å². The van der Waals surface area contributed by atoms with Gasteiger partial charge in [-0.2, -0.15) is 0 Å². The molecular formula is C17H20N2O4. The van der Waals surface area contributed by atoms with Crippen LogP contribution in [-0.4, -0.2) is 42.0 Å². The molecule has 6 nitrogen and oxygen atoms in total. The van der Waals surface area contributed by atoms with Gasteiger partial charge in [0, 0.05) is 13.5 Å². The molecule has 1 heterocycles. The predicted molar refractivity (Wildman–Crippen MR) is 84.2 cm³/mol. The zero-order chi connectivity index (χ0) is 17.1. The normalized spacial score (nSPS) is 14.9. The van der Waals surface area contributed by atoms with E-state index in [1.807, 2.05) is 19.9 Å². The zero-order valence-corrected chi connectivity index (χ0v) is 13.5. The third kappa shape index (κ3) is 3.02. The Labute approximate surface area is 134 Å². The molecule has 23 heavy (non-hydrogen) atoms. The Morgan fingerprint density at radius 3 is 2.43 bits per heavy atom. The fraction of sp³-hybridized carbons (Fsp3) is 0.412. The summed E-state index contributed by atoms with van der Waals surface area (Å²) in [7, 11) is 1.44. The van der Waals surface area contributed by atoms with Crippen LogP contribution >= 0.6 is 0 Å². The molecule has 122 valence electrons. The number of benzene rings is 1. The second kappa shape index (κ2) is 6.73. The summed E-state index contributed by atoms with van der Waals surface area (Å²) in [6.07, 6.45) is 0.888. The number of hydrogen-bond donors (Lipinski definition) is 1. The van der Waals surface area contributed by atoms with E-state index in [1.165, 1.54) is 7.05 Å². The highest BCUT2D eigenvalue weighted by atomic mass is 16.2. The van der Waals surface area contributed by atoms with E-state index in [2.05, 4.69) is 5.32 Å². The standard InChI is InChI=1S/C17H20N2O4/c1-10(2)11-6-7-12-13(9-11)17(23)19(16(12)22)14(5-4-8-20)15(21)18-3/h6-10,14H,4-5H2,1-3H3,(H,18,21). The number of nitrogens with one attached hydrogen (secondary N) is 1. The van der Waals surface area contributed by atoms with Gasteiger partial charge in [0.1, 0.15) is 12.3 Å². The molecule has 1 aromatic rings. The van der Waals surface area contributed by atoms with Gasteiger partial charge in [-0.3, -0.25) is 19.3 Å². The average molecular weight is 316 g/mol. The molecule has 2 rings (SSSR count). The van der Waals surface area contributed by atoms with Gasteiger partial charge in [-0.25, -0.2) is 0 Å². The van der Waals surface area contributed by atoms with Crippen LogP contribution in [0, 0.1) is 0 Å². The summed E-state index contributed by atoms with van der Waals surface area (Å²) in [5, 5.41) is 2.45. The van der Waals surface area contributed by atoms with Crippen molar-refractivity contribution in [3.05, 3.63) is 34.9 Å². The van der Waals surface area contributed by atoms with Crippen LogP contribution < -0.4 is 5.32 Å². The summed E-state index contributed by atoms with van der Waals surface area (Å²) < 4.78 is 0. The summed E-state index contributed by atoms with van der Waals surface area (Å²) in [5.41, 5.74) is 1.58. The Hall–Kier alpha value is -2.50. The van der Waals surface area contributed by atoms with E-state index in [1.54, 1.807) is 12.1 Å². The van der Waals surface area contributed by atoms with E-state index < -0.39 is 23.8 Å². The first kappa shape index (κ1) is 16.9. The van der Waals surface area contributed by atoms with Crippen molar-refractivity contribution in [1.82, 2.24) is 10.2 Å². The molecule has 1 aliphatic heterocycles. The molecular weight excluding hydrogens is 296 g/mol. The van der Waals surface area contributed by atoms with E-state index >= 15 is 0 Å². The van der Waals surface area contributed by atoms with Gasteiger partial charge in [-0.15, -0.1) is 0 Å². The Kier molecular flexibility index (Phi) is 4.93. The lowest BCUT2D eigenvalue weighted by Gasteiger charge is -2.24. The molecule has 0 fully saturated rings. The minimum Gasteiger partial charge on any atom is -0.357 e. The first-order valence-electron chi connectivity index (χ1n) is 7.59. The summed E-state index contributed by atoms with van der Waals surface area (Å²) >= 11 is 0. The molecule has 0 aromatic heterocycles. The molecule has 1 atom stereocenters. The van der Waals surface area contributed by atoms with Crippen LogP contribution in [0.25, 0.3) is 0 Å². The highest BCUT2D eigenvalue weighted by Gasteiger charge is 2.42. The van der Waals surface area contributed by atoms with Gasteiger partial charge >= 0.3 is 0 Å². The number of carbonyl (C=O) groups is 4. The van der Waals surface area contributed by atoms with Gasteiger partial charge in [-0.05, 0) is 30.0 Å². The van der Waals surface area contributed by atoms with Crippen molar-refractivity contribution in [2.75, 3.05) is 7.05 Å². The maximum atomic E-state index is 12.6. The Bertz CT molecular complexity index is 667. The van der Waals surface area contributed by atoms with Gasteiger partial charge in [0.05, 0.1) is 11.1 Å². The number of carbonyl (C=O) groups excluding carboxylic acids is 4. The lowest BCUT2D eigenvalue weighted by Crippen LogP contribution is -2.48. The van der Waals surface area contributed by atoms with E-state index in [-0.39, 0.29) is 18.8 Å². The van der Waals surface area contributed by atoms with Crippen molar-refractivity contribution < 1.29 is 19.2 Å². The molecule has 1 aromatic carbocycles. The van der Waals surface area contributed by atoms with Gasteiger partial charge in [0.15, 0.2) is 0 Å². The van der Waals surface area contributed by atoms with Crippen LogP contribution in [0.2, 0.25) is 0 Å². The number of aldehydes is 1. The van der Waals surface area contributed by atoms with Crippen molar-refractivity contribution in [1.29, 1.82) is 0 Å². The van der Waals surface area contributed by atoms with Gasteiger partial charge < -0.3 is 10.1 Å². The quantitative estimate of drug-likeness (QED) is 0.637. The topological polar surface area (TPSA) is 83.6 Å². The molecule has 0 saturated carbocycles. The van der Waals surface area contributed by atoms with Crippen molar-refractivity contribution >= 4 is 24.0 Å². The highest BCUT2D eigenvalue weighted by Crippen LogP contribution is 2.29. The van der Waals surface area contributed by atoms with Gasteiger partial charge in [-0.1, -0.05) is 19.9 Å².